The van der Waals surface area contributed by atoms with Crippen LogP contribution in [0, 0.1) is 12.3 Å². The molecule has 5 heterocycles. The lowest BCUT2D eigenvalue weighted by atomic mass is 9.73. The van der Waals surface area contributed by atoms with Crippen molar-refractivity contribution in [1.29, 1.82) is 0 Å². The Labute approximate surface area is 213 Å². The van der Waals surface area contributed by atoms with Crippen molar-refractivity contribution in [3.8, 4) is 5.69 Å². The number of alkyl halides is 2. The lowest BCUT2D eigenvalue weighted by molar-refractivity contribution is -0.173. The van der Waals surface area contributed by atoms with Crippen LogP contribution in [0.25, 0.3) is 5.69 Å². The van der Waals surface area contributed by atoms with Crippen molar-refractivity contribution in [1.82, 2.24) is 24.6 Å². The summed E-state index contributed by atoms with van der Waals surface area (Å²) >= 11 is 6.37. The molecule has 1 aromatic carbocycles. The first-order valence-corrected chi connectivity index (χ1v) is 12.8. The van der Waals surface area contributed by atoms with Crippen molar-refractivity contribution in [3.63, 3.8) is 0 Å². The molecule has 0 bridgehead atoms. The number of nitrogens with zero attached hydrogens (tertiary/aromatic N) is 7. The van der Waals surface area contributed by atoms with Crippen LogP contribution in [-0.2, 0) is 13.1 Å². The van der Waals surface area contributed by atoms with Crippen LogP contribution in [0.5, 0.6) is 0 Å². The Hall–Kier alpha value is -2.78. The minimum Gasteiger partial charge on any atom is -0.355 e. The molecule has 4 aliphatic rings. The van der Waals surface area contributed by atoms with Gasteiger partial charge in [0.05, 0.1) is 12.2 Å². The van der Waals surface area contributed by atoms with Gasteiger partial charge in [-0.05, 0) is 49.7 Å². The van der Waals surface area contributed by atoms with Gasteiger partial charge in [0.1, 0.15) is 5.82 Å². The predicted octanol–water partition coefficient (Wildman–Crippen LogP) is 4.45. The van der Waals surface area contributed by atoms with E-state index in [0.717, 1.165) is 60.7 Å². The minimum atomic E-state index is -2.60. The molecule has 3 aromatic rings. The highest BCUT2D eigenvalue weighted by Gasteiger charge is 2.57. The number of aromatic nitrogens is 4. The maximum atomic E-state index is 13.9. The summed E-state index contributed by atoms with van der Waals surface area (Å²) in [4.78, 5) is 11.4. The molecular weight excluding hydrogens is 484 g/mol. The first-order valence-electron chi connectivity index (χ1n) is 12.4. The Kier molecular flexibility index (Phi) is 4.60. The Morgan fingerprint density at radius 2 is 1.69 bits per heavy atom. The first-order chi connectivity index (χ1) is 17.1. The highest BCUT2D eigenvalue weighted by Crippen LogP contribution is 2.51. The quantitative estimate of drug-likeness (QED) is 0.518. The fourth-order valence-electron chi connectivity index (χ4n) is 6.60. The number of anilines is 2. The lowest BCUT2D eigenvalue weighted by Crippen LogP contribution is -2.73. The zero-order chi connectivity index (χ0) is 24.9. The number of benzene rings is 1. The third kappa shape index (κ3) is 3.43. The van der Waals surface area contributed by atoms with Crippen LogP contribution in [0.4, 0.5) is 20.5 Å². The normalized spacial score (nSPS) is 23.2. The van der Waals surface area contributed by atoms with E-state index in [4.69, 9.17) is 11.6 Å². The second-order valence-electron chi connectivity index (χ2n) is 11.4. The molecule has 188 valence electrons. The average Bonchev–Trinajstić information content (AvgIpc) is 3.05. The molecule has 0 amide bonds. The van der Waals surface area contributed by atoms with Gasteiger partial charge in [0, 0.05) is 67.2 Å². The molecule has 1 spiro atoms. The molecule has 3 fully saturated rings. The highest BCUT2D eigenvalue weighted by atomic mass is 35.5. The molecular formula is C26H28ClF2N7. The van der Waals surface area contributed by atoms with Gasteiger partial charge < -0.3 is 9.80 Å². The smallest absolute Gasteiger partial charge is 0.251 e. The van der Waals surface area contributed by atoms with Crippen LogP contribution in [0.15, 0.2) is 36.4 Å². The fraction of sp³-hybridized carbons (Fsp3) is 0.500. The molecule has 0 atom stereocenters. The van der Waals surface area contributed by atoms with Crippen molar-refractivity contribution >= 4 is 23.4 Å². The Bertz CT molecular complexity index is 1350. The Balaban J connectivity index is 1.15. The third-order valence-corrected chi connectivity index (χ3v) is 8.55. The number of pyridine rings is 1. The van der Waals surface area contributed by atoms with Gasteiger partial charge in [-0.15, -0.1) is 10.2 Å². The fourth-order valence-corrected chi connectivity index (χ4v) is 6.79. The maximum absolute atomic E-state index is 13.9. The van der Waals surface area contributed by atoms with Crippen molar-refractivity contribution in [2.24, 2.45) is 5.41 Å². The Morgan fingerprint density at radius 3 is 2.42 bits per heavy atom. The maximum Gasteiger partial charge on any atom is 0.251 e. The number of hydrogen-bond acceptors (Lipinski definition) is 6. The number of halogens is 3. The monoisotopic (exact) mass is 511 g/mol. The standard InChI is InChI=1S/C26H28ClF2N7/c1-17-4-3-5-21(30-17)33-13-25(14-33)15-34(16-25)23-32-31-22-10-35(24(2)11-26(28,29)12-24)9-18-8-19(27)6-7-20(18)36(22)23/h3-8H,9-16H2,1-2H3. The summed E-state index contributed by atoms with van der Waals surface area (Å²) in [7, 11) is 0. The van der Waals surface area contributed by atoms with Gasteiger partial charge in [0.15, 0.2) is 5.82 Å². The zero-order valence-electron chi connectivity index (χ0n) is 20.4. The van der Waals surface area contributed by atoms with Gasteiger partial charge in [-0.2, -0.15) is 0 Å². The van der Waals surface area contributed by atoms with Gasteiger partial charge in [-0.25, -0.2) is 13.8 Å². The SMILES string of the molecule is Cc1cccc(N2CC3(C2)CN(c2nnc4n2-c2ccc(Cl)cc2CN(C2(C)CC(F)(F)C2)C4)C3)n1. The predicted molar refractivity (Wildman–Crippen MR) is 134 cm³/mol. The minimum absolute atomic E-state index is 0.141. The molecule has 36 heavy (non-hydrogen) atoms. The van der Waals surface area contributed by atoms with Crippen molar-refractivity contribution in [2.75, 3.05) is 36.0 Å². The third-order valence-electron chi connectivity index (χ3n) is 8.32. The molecule has 3 aliphatic heterocycles. The van der Waals surface area contributed by atoms with Crippen LogP contribution in [-0.4, -0.2) is 62.3 Å². The molecule has 1 saturated carbocycles. The van der Waals surface area contributed by atoms with Crippen molar-refractivity contribution in [2.45, 2.75) is 51.2 Å². The lowest BCUT2D eigenvalue weighted by Gasteiger charge is -2.60. The summed E-state index contributed by atoms with van der Waals surface area (Å²) in [5.41, 5.74) is 2.68. The van der Waals surface area contributed by atoms with Crippen LogP contribution in [0.2, 0.25) is 5.02 Å². The molecule has 0 N–H and O–H groups in total. The van der Waals surface area contributed by atoms with E-state index in [1.54, 1.807) is 0 Å². The van der Waals surface area contributed by atoms with Crippen molar-refractivity contribution < 1.29 is 8.78 Å². The molecule has 7 nitrogen and oxygen atoms in total. The topological polar surface area (TPSA) is 53.3 Å². The molecule has 7 rings (SSSR count). The first kappa shape index (κ1) is 22.4. The van der Waals surface area contributed by atoms with E-state index in [1.165, 1.54) is 0 Å². The summed E-state index contributed by atoms with van der Waals surface area (Å²) in [6.45, 7) is 8.73. The number of rotatable bonds is 3. The molecule has 2 saturated heterocycles. The second-order valence-corrected chi connectivity index (χ2v) is 11.9. The zero-order valence-corrected chi connectivity index (χ0v) is 21.1. The number of aryl methyl sites for hydroxylation is 1. The summed E-state index contributed by atoms with van der Waals surface area (Å²) in [5, 5.41) is 9.78. The van der Waals surface area contributed by atoms with E-state index in [0.29, 0.717) is 18.1 Å². The number of hydrogen-bond donors (Lipinski definition) is 0. The molecule has 2 aromatic heterocycles. The molecule has 0 unspecified atom stereocenters. The molecule has 0 radical (unpaired) electrons. The van der Waals surface area contributed by atoms with E-state index in [1.807, 2.05) is 38.1 Å². The second kappa shape index (κ2) is 7.38. The van der Waals surface area contributed by atoms with Gasteiger partial charge in [-0.1, -0.05) is 17.7 Å². The average molecular weight is 512 g/mol. The summed E-state index contributed by atoms with van der Waals surface area (Å²) in [6.07, 6.45) is -0.282. The molecule has 1 aliphatic carbocycles. The van der Waals surface area contributed by atoms with E-state index >= 15 is 0 Å². The highest BCUT2D eigenvalue weighted by molar-refractivity contribution is 6.30. The van der Waals surface area contributed by atoms with Gasteiger partial charge >= 0.3 is 0 Å². The molecule has 10 heteroatoms. The van der Waals surface area contributed by atoms with Crippen LogP contribution in [0.1, 0.15) is 36.8 Å². The van der Waals surface area contributed by atoms with E-state index in [9.17, 15) is 8.78 Å². The number of fused-ring (bicyclic) bond motifs is 3. The van der Waals surface area contributed by atoms with Crippen LogP contribution < -0.4 is 9.80 Å². The summed E-state index contributed by atoms with van der Waals surface area (Å²) < 4.78 is 29.9. The van der Waals surface area contributed by atoms with E-state index in [2.05, 4.69) is 46.6 Å². The van der Waals surface area contributed by atoms with Gasteiger partial charge in [0.2, 0.25) is 5.95 Å². The largest absolute Gasteiger partial charge is 0.355 e. The van der Waals surface area contributed by atoms with Gasteiger partial charge in [-0.3, -0.25) is 9.47 Å². The van der Waals surface area contributed by atoms with Crippen molar-refractivity contribution in [3.05, 3.63) is 58.5 Å². The van der Waals surface area contributed by atoms with E-state index < -0.39 is 11.5 Å². The van der Waals surface area contributed by atoms with Crippen LogP contribution >= 0.6 is 11.6 Å². The Morgan fingerprint density at radius 1 is 0.944 bits per heavy atom. The summed E-state index contributed by atoms with van der Waals surface area (Å²) in [6, 6.07) is 12.0. The van der Waals surface area contributed by atoms with E-state index in [-0.39, 0.29) is 18.3 Å². The summed E-state index contributed by atoms with van der Waals surface area (Å²) in [5.74, 6) is 0.0319. The van der Waals surface area contributed by atoms with Crippen LogP contribution in [0.3, 0.4) is 0 Å². The van der Waals surface area contributed by atoms with Gasteiger partial charge in [0.25, 0.3) is 5.92 Å².